The summed E-state index contributed by atoms with van der Waals surface area (Å²) in [7, 11) is 3.18. The quantitative estimate of drug-likeness (QED) is 0.629. The maximum atomic E-state index is 12.1. The Balaban J connectivity index is 2.17. The average molecular weight is 349 g/mol. The molecule has 0 amide bonds. The SMILES string of the molecule is COc1cccc(C2(Br)OC(=O)c3ccc(OC)cc32)c1. The van der Waals surface area contributed by atoms with E-state index >= 15 is 0 Å². The third kappa shape index (κ3) is 2.17. The van der Waals surface area contributed by atoms with Gasteiger partial charge < -0.3 is 14.2 Å². The number of carbonyl (C=O) groups excluding carboxylic acids is 1. The average Bonchev–Trinajstić information content (AvgIpc) is 2.79. The highest BCUT2D eigenvalue weighted by atomic mass is 79.9. The topological polar surface area (TPSA) is 44.8 Å². The van der Waals surface area contributed by atoms with Crippen LogP contribution in [0.4, 0.5) is 0 Å². The number of alkyl halides is 1. The van der Waals surface area contributed by atoms with Crippen LogP contribution in [0, 0.1) is 0 Å². The van der Waals surface area contributed by atoms with Crippen molar-refractivity contribution in [3.05, 3.63) is 59.2 Å². The van der Waals surface area contributed by atoms with E-state index in [9.17, 15) is 4.79 Å². The molecule has 0 N–H and O–H groups in total. The third-order valence-corrected chi connectivity index (χ3v) is 4.51. The van der Waals surface area contributed by atoms with E-state index in [0.717, 1.165) is 11.1 Å². The van der Waals surface area contributed by atoms with Crippen molar-refractivity contribution in [1.82, 2.24) is 0 Å². The first kappa shape index (κ1) is 13.9. The van der Waals surface area contributed by atoms with E-state index in [2.05, 4.69) is 15.9 Å². The van der Waals surface area contributed by atoms with Crippen molar-refractivity contribution in [2.24, 2.45) is 0 Å². The van der Waals surface area contributed by atoms with E-state index in [1.165, 1.54) is 0 Å². The molecule has 1 aliphatic rings. The molecule has 21 heavy (non-hydrogen) atoms. The second kappa shape index (κ2) is 5.07. The molecule has 108 valence electrons. The van der Waals surface area contributed by atoms with Gasteiger partial charge in [0.05, 0.1) is 19.8 Å². The van der Waals surface area contributed by atoms with Gasteiger partial charge in [-0.2, -0.15) is 0 Å². The summed E-state index contributed by atoms with van der Waals surface area (Å²) in [5.74, 6) is 0.991. The van der Waals surface area contributed by atoms with E-state index in [1.807, 2.05) is 24.3 Å². The lowest BCUT2D eigenvalue weighted by molar-refractivity contribution is 0.0399. The molecule has 1 aliphatic heterocycles. The summed E-state index contributed by atoms with van der Waals surface area (Å²) in [5, 5.41) is 0. The van der Waals surface area contributed by atoms with Crippen molar-refractivity contribution >= 4 is 21.9 Å². The van der Waals surface area contributed by atoms with Crippen molar-refractivity contribution in [2.75, 3.05) is 14.2 Å². The Morgan fingerprint density at radius 1 is 1.05 bits per heavy atom. The molecule has 1 atom stereocenters. The van der Waals surface area contributed by atoms with Gasteiger partial charge in [0, 0.05) is 11.1 Å². The van der Waals surface area contributed by atoms with Crippen molar-refractivity contribution in [3.63, 3.8) is 0 Å². The van der Waals surface area contributed by atoms with Crippen LogP contribution < -0.4 is 9.47 Å². The van der Waals surface area contributed by atoms with Crippen LogP contribution in [0.2, 0.25) is 0 Å². The molecule has 2 aromatic carbocycles. The molecule has 2 aromatic rings. The summed E-state index contributed by atoms with van der Waals surface area (Å²) in [4.78, 5) is 12.1. The standard InChI is InChI=1S/C16H13BrO4/c1-19-11-5-3-4-10(8-11)16(17)14-9-12(20-2)6-7-13(14)15(18)21-16/h3-9H,1-2H3. The summed E-state index contributed by atoms with van der Waals surface area (Å²) < 4.78 is 15.0. The van der Waals surface area contributed by atoms with E-state index in [-0.39, 0.29) is 5.97 Å². The van der Waals surface area contributed by atoms with Crippen molar-refractivity contribution in [2.45, 2.75) is 4.51 Å². The predicted molar refractivity (Wildman–Crippen MR) is 81.1 cm³/mol. The number of hydrogen-bond donors (Lipinski definition) is 0. The number of halogens is 1. The number of rotatable bonds is 3. The van der Waals surface area contributed by atoms with Gasteiger partial charge in [0.15, 0.2) is 0 Å². The predicted octanol–water partition coefficient (Wildman–Crippen LogP) is 3.47. The summed E-state index contributed by atoms with van der Waals surface area (Å²) in [6.45, 7) is 0. The number of ether oxygens (including phenoxy) is 3. The molecule has 3 rings (SSSR count). The molecule has 0 saturated heterocycles. The Morgan fingerprint density at radius 2 is 1.76 bits per heavy atom. The fourth-order valence-electron chi connectivity index (χ4n) is 2.37. The third-order valence-electron chi connectivity index (χ3n) is 3.47. The Kier molecular flexibility index (Phi) is 3.37. The second-order valence-corrected chi connectivity index (χ2v) is 5.74. The lowest BCUT2D eigenvalue weighted by Gasteiger charge is -2.23. The smallest absolute Gasteiger partial charge is 0.340 e. The van der Waals surface area contributed by atoms with Crippen LogP contribution in [0.15, 0.2) is 42.5 Å². The van der Waals surface area contributed by atoms with Gasteiger partial charge in [0.1, 0.15) is 11.5 Å². The first-order valence-corrected chi connectivity index (χ1v) is 7.13. The largest absolute Gasteiger partial charge is 0.497 e. The zero-order valence-corrected chi connectivity index (χ0v) is 13.1. The molecule has 0 aromatic heterocycles. The fraction of sp³-hybridized carbons (Fsp3) is 0.188. The lowest BCUT2D eigenvalue weighted by atomic mass is 9.98. The number of fused-ring (bicyclic) bond motifs is 1. The molecule has 0 aliphatic carbocycles. The van der Waals surface area contributed by atoms with Crippen LogP contribution in [0.25, 0.3) is 0 Å². The summed E-state index contributed by atoms with van der Waals surface area (Å²) in [6, 6.07) is 12.6. The van der Waals surface area contributed by atoms with Gasteiger partial charge >= 0.3 is 5.97 Å². The number of benzene rings is 2. The van der Waals surface area contributed by atoms with Crippen LogP contribution in [0.3, 0.4) is 0 Å². The minimum absolute atomic E-state index is 0.368. The highest BCUT2D eigenvalue weighted by molar-refractivity contribution is 9.09. The molecule has 0 fully saturated rings. The molecule has 1 heterocycles. The minimum atomic E-state index is -1.03. The monoisotopic (exact) mass is 348 g/mol. The lowest BCUT2D eigenvalue weighted by Crippen LogP contribution is -2.19. The van der Waals surface area contributed by atoms with Gasteiger partial charge in [0.2, 0.25) is 4.51 Å². The Bertz CT molecular complexity index is 713. The Labute approximate surface area is 130 Å². The first-order valence-electron chi connectivity index (χ1n) is 6.34. The number of carbonyl (C=O) groups is 1. The molecule has 4 nitrogen and oxygen atoms in total. The normalized spacial score (nSPS) is 19.9. The van der Waals surface area contributed by atoms with E-state index < -0.39 is 4.51 Å². The van der Waals surface area contributed by atoms with Crippen molar-refractivity contribution in [3.8, 4) is 11.5 Å². The van der Waals surface area contributed by atoms with Crippen molar-refractivity contribution in [1.29, 1.82) is 0 Å². The van der Waals surface area contributed by atoms with E-state index in [0.29, 0.717) is 17.1 Å². The zero-order valence-electron chi connectivity index (χ0n) is 11.6. The number of hydrogen-bond acceptors (Lipinski definition) is 4. The number of cyclic esters (lactones) is 1. The van der Waals surface area contributed by atoms with Crippen LogP contribution >= 0.6 is 15.9 Å². The summed E-state index contributed by atoms with van der Waals surface area (Å²) in [6.07, 6.45) is 0. The Hall–Kier alpha value is -2.01. The van der Waals surface area contributed by atoms with Crippen LogP contribution in [0.1, 0.15) is 21.5 Å². The number of esters is 1. The molecule has 0 bridgehead atoms. The number of methoxy groups -OCH3 is 2. The molecular weight excluding hydrogens is 336 g/mol. The van der Waals surface area contributed by atoms with E-state index in [4.69, 9.17) is 14.2 Å². The fourth-order valence-corrected chi connectivity index (χ4v) is 3.09. The molecule has 0 spiro atoms. The molecule has 0 radical (unpaired) electrons. The van der Waals surface area contributed by atoms with Gasteiger partial charge in [-0.1, -0.05) is 12.1 Å². The molecular formula is C16H13BrO4. The molecule has 5 heteroatoms. The van der Waals surface area contributed by atoms with E-state index in [1.54, 1.807) is 32.4 Å². The van der Waals surface area contributed by atoms with Crippen molar-refractivity contribution < 1.29 is 19.0 Å². The highest BCUT2D eigenvalue weighted by Gasteiger charge is 2.45. The zero-order chi connectivity index (χ0) is 15.0. The van der Waals surface area contributed by atoms with Crippen LogP contribution in [-0.2, 0) is 9.25 Å². The summed E-state index contributed by atoms with van der Waals surface area (Å²) in [5.41, 5.74) is 2.03. The Morgan fingerprint density at radius 3 is 2.48 bits per heavy atom. The molecule has 1 unspecified atom stereocenters. The molecule has 0 saturated carbocycles. The van der Waals surface area contributed by atoms with Crippen LogP contribution in [-0.4, -0.2) is 20.2 Å². The van der Waals surface area contributed by atoms with Gasteiger partial charge in [-0.05, 0) is 46.3 Å². The highest BCUT2D eigenvalue weighted by Crippen LogP contribution is 2.48. The summed E-state index contributed by atoms with van der Waals surface area (Å²) >= 11 is 3.57. The maximum Gasteiger partial charge on any atom is 0.340 e. The van der Waals surface area contributed by atoms with Crippen LogP contribution in [0.5, 0.6) is 11.5 Å². The van der Waals surface area contributed by atoms with Gasteiger partial charge in [-0.15, -0.1) is 0 Å². The van der Waals surface area contributed by atoms with Gasteiger partial charge in [-0.25, -0.2) is 4.79 Å². The maximum absolute atomic E-state index is 12.1. The second-order valence-electron chi connectivity index (χ2n) is 4.63. The van der Waals surface area contributed by atoms with Gasteiger partial charge in [-0.3, -0.25) is 0 Å². The van der Waals surface area contributed by atoms with Gasteiger partial charge in [0.25, 0.3) is 0 Å². The minimum Gasteiger partial charge on any atom is -0.497 e. The first-order chi connectivity index (χ1) is 10.1.